The van der Waals surface area contributed by atoms with Gasteiger partial charge in [0.1, 0.15) is 0 Å². The van der Waals surface area contributed by atoms with Gasteiger partial charge in [-0.2, -0.15) is 0 Å². The molecule has 0 aliphatic heterocycles. The van der Waals surface area contributed by atoms with E-state index in [-0.39, 0.29) is 0 Å². The van der Waals surface area contributed by atoms with E-state index in [4.69, 9.17) is 5.11 Å². The summed E-state index contributed by atoms with van der Waals surface area (Å²) in [7, 11) is 0. The van der Waals surface area contributed by atoms with Crippen LogP contribution in [0.15, 0.2) is 11.6 Å². The maximum Gasteiger partial charge on any atom is 0.331 e. The Kier molecular flexibility index (Phi) is 5.53. The van der Waals surface area contributed by atoms with Crippen molar-refractivity contribution in [3.05, 3.63) is 11.6 Å². The van der Waals surface area contributed by atoms with Gasteiger partial charge in [0, 0.05) is 5.57 Å². The predicted molar refractivity (Wildman–Crippen MR) is 45.5 cm³/mol. The second-order valence-corrected chi connectivity index (χ2v) is 2.58. The summed E-state index contributed by atoms with van der Waals surface area (Å²) >= 11 is 0. The molecule has 0 aromatic rings. The van der Waals surface area contributed by atoms with Crippen LogP contribution in [0.3, 0.4) is 0 Å². The van der Waals surface area contributed by atoms with Gasteiger partial charge in [-0.3, -0.25) is 0 Å². The first-order valence-corrected chi connectivity index (χ1v) is 4.10. The van der Waals surface area contributed by atoms with Crippen LogP contribution in [-0.4, -0.2) is 11.1 Å². The molecule has 0 fully saturated rings. The molecular weight excluding hydrogens is 140 g/mol. The zero-order valence-corrected chi connectivity index (χ0v) is 7.26. The number of hydrogen-bond acceptors (Lipinski definition) is 1. The van der Waals surface area contributed by atoms with Gasteiger partial charge in [0.05, 0.1) is 0 Å². The van der Waals surface area contributed by atoms with Crippen molar-refractivity contribution in [2.24, 2.45) is 0 Å². The summed E-state index contributed by atoms with van der Waals surface area (Å²) < 4.78 is 0. The molecule has 0 aromatic carbocycles. The van der Waals surface area contributed by atoms with Crippen molar-refractivity contribution >= 4 is 5.97 Å². The van der Waals surface area contributed by atoms with Crippen LogP contribution in [-0.2, 0) is 4.79 Å². The fourth-order valence-corrected chi connectivity index (χ4v) is 0.940. The Bertz CT molecular complexity index is 148. The zero-order valence-electron chi connectivity index (χ0n) is 7.26. The summed E-state index contributed by atoms with van der Waals surface area (Å²) in [6.45, 7) is 3.88. The summed E-state index contributed by atoms with van der Waals surface area (Å²) in [5.41, 5.74) is 0.540. The molecule has 0 saturated heterocycles. The average Bonchev–Trinajstić information content (AvgIpc) is 1.97. The maximum atomic E-state index is 10.5. The topological polar surface area (TPSA) is 37.3 Å². The lowest BCUT2D eigenvalue weighted by Gasteiger charge is -1.99. The third-order valence-electron chi connectivity index (χ3n) is 1.67. The van der Waals surface area contributed by atoms with E-state index in [9.17, 15) is 4.79 Å². The molecular formula is C9H16O2. The van der Waals surface area contributed by atoms with Crippen molar-refractivity contribution in [1.82, 2.24) is 0 Å². The molecule has 0 aliphatic rings. The van der Waals surface area contributed by atoms with Crippen molar-refractivity contribution in [2.75, 3.05) is 0 Å². The molecule has 0 unspecified atom stereocenters. The van der Waals surface area contributed by atoms with Crippen molar-refractivity contribution in [1.29, 1.82) is 0 Å². The lowest BCUT2D eigenvalue weighted by atomic mass is 10.1. The Balaban J connectivity index is 3.63. The highest BCUT2D eigenvalue weighted by Crippen LogP contribution is 2.08. The van der Waals surface area contributed by atoms with Crippen LogP contribution in [0, 0.1) is 0 Å². The number of carboxylic acids is 1. The predicted octanol–water partition coefficient (Wildman–Crippen LogP) is 2.60. The highest BCUT2D eigenvalue weighted by molar-refractivity contribution is 5.86. The molecule has 0 aromatic heterocycles. The minimum absolute atomic E-state index is 0.540. The number of aliphatic carboxylic acids is 1. The van der Waals surface area contributed by atoms with Crippen molar-refractivity contribution in [2.45, 2.75) is 39.5 Å². The summed E-state index contributed by atoms with van der Waals surface area (Å²) in [5, 5.41) is 8.60. The van der Waals surface area contributed by atoms with Crippen molar-refractivity contribution in [3.8, 4) is 0 Å². The Hall–Kier alpha value is -0.790. The standard InChI is InChI=1S/C9H16O2/c1-3-5-6-7-8(4-2)9(10)11/h4H,3,5-7H2,1-2H3,(H,10,11). The Labute approximate surface area is 67.9 Å². The van der Waals surface area contributed by atoms with Crippen molar-refractivity contribution < 1.29 is 9.90 Å². The minimum Gasteiger partial charge on any atom is -0.478 e. The van der Waals surface area contributed by atoms with E-state index in [1.54, 1.807) is 13.0 Å². The van der Waals surface area contributed by atoms with Gasteiger partial charge in [-0.25, -0.2) is 4.79 Å². The quantitative estimate of drug-likeness (QED) is 0.490. The molecule has 0 spiro atoms. The van der Waals surface area contributed by atoms with Gasteiger partial charge in [0.15, 0.2) is 0 Å². The first-order chi connectivity index (χ1) is 5.22. The van der Waals surface area contributed by atoms with E-state index < -0.39 is 5.97 Å². The molecule has 11 heavy (non-hydrogen) atoms. The van der Waals surface area contributed by atoms with E-state index >= 15 is 0 Å². The van der Waals surface area contributed by atoms with Gasteiger partial charge in [-0.05, 0) is 19.8 Å². The fourth-order valence-electron chi connectivity index (χ4n) is 0.940. The zero-order chi connectivity index (χ0) is 8.69. The first-order valence-electron chi connectivity index (χ1n) is 4.10. The van der Waals surface area contributed by atoms with E-state index in [2.05, 4.69) is 6.92 Å². The third kappa shape index (κ3) is 4.59. The minimum atomic E-state index is -0.774. The molecule has 0 atom stereocenters. The molecule has 2 heteroatoms. The lowest BCUT2D eigenvalue weighted by molar-refractivity contribution is -0.132. The van der Waals surface area contributed by atoms with Gasteiger partial charge in [0.2, 0.25) is 0 Å². The molecule has 0 amide bonds. The van der Waals surface area contributed by atoms with Crippen LogP contribution in [0.1, 0.15) is 39.5 Å². The summed E-state index contributed by atoms with van der Waals surface area (Å²) in [4.78, 5) is 10.5. The number of hydrogen-bond donors (Lipinski definition) is 1. The number of allylic oxidation sites excluding steroid dienone is 1. The Morgan fingerprint density at radius 3 is 2.45 bits per heavy atom. The molecule has 2 nitrogen and oxygen atoms in total. The molecule has 64 valence electrons. The number of carbonyl (C=O) groups is 1. The molecule has 0 saturated carbocycles. The molecule has 0 aliphatic carbocycles. The maximum absolute atomic E-state index is 10.5. The van der Waals surface area contributed by atoms with Crippen LogP contribution in [0.2, 0.25) is 0 Å². The van der Waals surface area contributed by atoms with E-state index in [1.165, 1.54) is 0 Å². The van der Waals surface area contributed by atoms with Crippen LogP contribution >= 0.6 is 0 Å². The molecule has 1 N–H and O–H groups in total. The number of unbranched alkanes of at least 4 members (excludes halogenated alkanes) is 2. The van der Waals surface area contributed by atoms with Crippen LogP contribution in [0.5, 0.6) is 0 Å². The number of rotatable bonds is 5. The second kappa shape index (κ2) is 5.96. The van der Waals surface area contributed by atoms with E-state index in [0.29, 0.717) is 12.0 Å². The van der Waals surface area contributed by atoms with Gasteiger partial charge in [-0.1, -0.05) is 25.8 Å². The Morgan fingerprint density at radius 1 is 1.45 bits per heavy atom. The van der Waals surface area contributed by atoms with Crippen LogP contribution in [0.4, 0.5) is 0 Å². The molecule has 0 radical (unpaired) electrons. The monoisotopic (exact) mass is 156 g/mol. The SMILES string of the molecule is CC=C(CCCCC)C(=O)O. The number of carboxylic acid groups (broad SMARTS) is 1. The van der Waals surface area contributed by atoms with Gasteiger partial charge in [-0.15, -0.1) is 0 Å². The lowest BCUT2D eigenvalue weighted by Crippen LogP contribution is -1.99. The van der Waals surface area contributed by atoms with E-state index in [1.807, 2.05) is 0 Å². The van der Waals surface area contributed by atoms with Gasteiger partial charge < -0.3 is 5.11 Å². The second-order valence-electron chi connectivity index (χ2n) is 2.58. The normalized spacial score (nSPS) is 11.6. The fraction of sp³-hybridized carbons (Fsp3) is 0.667. The van der Waals surface area contributed by atoms with E-state index in [0.717, 1.165) is 19.3 Å². The highest BCUT2D eigenvalue weighted by Gasteiger charge is 2.03. The summed E-state index contributed by atoms with van der Waals surface area (Å²) in [6.07, 6.45) is 5.63. The first kappa shape index (κ1) is 10.2. The summed E-state index contributed by atoms with van der Waals surface area (Å²) in [5.74, 6) is -0.774. The molecule has 0 bridgehead atoms. The summed E-state index contributed by atoms with van der Waals surface area (Å²) in [6, 6.07) is 0. The Morgan fingerprint density at radius 2 is 2.09 bits per heavy atom. The molecule has 0 rings (SSSR count). The highest BCUT2D eigenvalue weighted by atomic mass is 16.4. The molecule has 0 heterocycles. The van der Waals surface area contributed by atoms with Gasteiger partial charge in [0.25, 0.3) is 0 Å². The smallest absolute Gasteiger partial charge is 0.331 e. The third-order valence-corrected chi connectivity index (χ3v) is 1.67. The largest absolute Gasteiger partial charge is 0.478 e. The van der Waals surface area contributed by atoms with Crippen molar-refractivity contribution in [3.63, 3.8) is 0 Å². The average molecular weight is 156 g/mol. The van der Waals surface area contributed by atoms with Gasteiger partial charge >= 0.3 is 5.97 Å². The van der Waals surface area contributed by atoms with Crippen LogP contribution < -0.4 is 0 Å². The van der Waals surface area contributed by atoms with Crippen LogP contribution in [0.25, 0.3) is 0 Å².